The van der Waals surface area contributed by atoms with E-state index in [0.717, 1.165) is 0 Å². The zero-order chi connectivity index (χ0) is 13.9. The summed E-state index contributed by atoms with van der Waals surface area (Å²) >= 11 is 0. The second-order valence-corrected chi connectivity index (χ2v) is 4.22. The lowest BCUT2D eigenvalue weighted by atomic mass is 10.1. The Morgan fingerprint density at radius 1 is 1.15 bits per heavy atom. The van der Waals surface area contributed by atoms with E-state index in [1.807, 2.05) is 24.3 Å². The van der Waals surface area contributed by atoms with Gasteiger partial charge in [-0.2, -0.15) is 5.26 Å². The van der Waals surface area contributed by atoms with Crippen molar-refractivity contribution in [2.24, 2.45) is 0 Å². The van der Waals surface area contributed by atoms with Gasteiger partial charge in [-0.15, -0.1) is 0 Å². The van der Waals surface area contributed by atoms with Crippen LogP contribution in [0.3, 0.4) is 0 Å². The number of rotatable bonds is 2. The molecule has 0 bridgehead atoms. The van der Waals surface area contributed by atoms with Crippen molar-refractivity contribution in [3.63, 3.8) is 0 Å². The first-order chi connectivity index (χ1) is 9.78. The van der Waals surface area contributed by atoms with Gasteiger partial charge in [-0.3, -0.25) is 0 Å². The molecule has 0 fully saturated rings. The number of hydrogen-bond acceptors (Lipinski definition) is 4. The third kappa shape index (κ3) is 2.13. The first kappa shape index (κ1) is 12.0. The normalized spacial score (nSPS) is 11.4. The van der Waals surface area contributed by atoms with Crippen LogP contribution < -0.4 is 0 Å². The lowest BCUT2D eigenvalue weighted by Gasteiger charge is -1.98. The van der Waals surface area contributed by atoms with Crippen molar-refractivity contribution in [1.29, 1.82) is 5.26 Å². The fourth-order valence-corrected chi connectivity index (χ4v) is 1.89. The molecular formula is C16H10N2O2. The number of aromatic hydroxyl groups is 1. The van der Waals surface area contributed by atoms with Crippen molar-refractivity contribution in [3.05, 3.63) is 60.0 Å². The Hall–Kier alpha value is -3.06. The zero-order valence-electron chi connectivity index (χ0n) is 10.4. The number of benzene rings is 2. The van der Waals surface area contributed by atoms with Crippen LogP contribution in [0.1, 0.15) is 11.5 Å². The standard InChI is InChI=1S/C16H10N2O2/c17-10-12(9-11-5-1-3-7-14(11)19)16-18-13-6-2-4-8-15(13)20-16/h1-9,19H/b12-9+. The van der Waals surface area contributed by atoms with Crippen LogP contribution in [0.4, 0.5) is 0 Å². The van der Waals surface area contributed by atoms with Gasteiger partial charge in [-0.05, 0) is 24.3 Å². The Morgan fingerprint density at radius 2 is 1.90 bits per heavy atom. The van der Waals surface area contributed by atoms with E-state index in [1.165, 1.54) is 0 Å². The molecule has 20 heavy (non-hydrogen) atoms. The summed E-state index contributed by atoms with van der Waals surface area (Å²) in [6.07, 6.45) is 1.56. The second-order valence-electron chi connectivity index (χ2n) is 4.22. The summed E-state index contributed by atoms with van der Waals surface area (Å²) in [6, 6.07) is 16.1. The van der Waals surface area contributed by atoms with E-state index < -0.39 is 0 Å². The fourth-order valence-electron chi connectivity index (χ4n) is 1.89. The Kier molecular flexibility index (Phi) is 2.94. The molecule has 1 N–H and O–H groups in total. The van der Waals surface area contributed by atoms with Crippen molar-refractivity contribution >= 4 is 22.7 Å². The van der Waals surface area contributed by atoms with Gasteiger partial charge in [0.15, 0.2) is 5.58 Å². The molecule has 3 aromatic rings. The van der Waals surface area contributed by atoms with E-state index in [1.54, 1.807) is 36.4 Å². The maximum absolute atomic E-state index is 9.74. The lowest BCUT2D eigenvalue weighted by Crippen LogP contribution is -1.82. The van der Waals surface area contributed by atoms with Gasteiger partial charge in [0, 0.05) is 5.56 Å². The van der Waals surface area contributed by atoms with Gasteiger partial charge in [0.05, 0.1) is 0 Å². The molecule has 3 rings (SSSR count). The second kappa shape index (κ2) is 4.90. The summed E-state index contributed by atoms with van der Waals surface area (Å²) < 4.78 is 5.55. The maximum atomic E-state index is 9.74. The van der Waals surface area contributed by atoms with Gasteiger partial charge in [0.2, 0.25) is 5.89 Å². The number of aromatic nitrogens is 1. The largest absolute Gasteiger partial charge is 0.507 e. The number of para-hydroxylation sites is 3. The number of hydrogen-bond donors (Lipinski definition) is 1. The average Bonchev–Trinajstić information content (AvgIpc) is 2.90. The highest BCUT2D eigenvalue weighted by Crippen LogP contribution is 2.25. The number of fused-ring (bicyclic) bond motifs is 1. The molecule has 0 saturated heterocycles. The molecular weight excluding hydrogens is 252 g/mol. The van der Waals surface area contributed by atoms with Crippen LogP contribution in [0.2, 0.25) is 0 Å². The van der Waals surface area contributed by atoms with Crippen LogP contribution in [0, 0.1) is 11.3 Å². The Morgan fingerprint density at radius 3 is 2.65 bits per heavy atom. The number of nitrogens with zero attached hydrogens (tertiary/aromatic N) is 2. The molecule has 96 valence electrons. The monoisotopic (exact) mass is 262 g/mol. The van der Waals surface area contributed by atoms with Crippen LogP contribution in [-0.2, 0) is 0 Å². The Balaban J connectivity index is 2.10. The van der Waals surface area contributed by atoms with Crippen LogP contribution >= 0.6 is 0 Å². The summed E-state index contributed by atoms with van der Waals surface area (Å²) in [4.78, 5) is 4.27. The third-order valence-corrected chi connectivity index (χ3v) is 2.88. The predicted molar refractivity (Wildman–Crippen MR) is 75.6 cm³/mol. The molecule has 0 aliphatic rings. The van der Waals surface area contributed by atoms with E-state index in [2.05, 4.69) is 4.98 Å². The molecule has 4 heteroatoms. The van der Waals surface area contributed by atoms with Crippen molar-refractivity contribution in [2.75, 3.05) is 0 Å². The van der Waals surface area contributed by atoms with Gasteiger partial charge in [-0.25, -0.2) is 4.98 Å². The van der Waals surface area contributed by atoms with Gasteiger partial charge in [-0.1, -0.05) is 30.3 Å². The summed E-state index contributed by atoms with van der Waals surface area (Å²) in [5.41, 5.74) is 2.14. The molecule has 4 nitrogen and oxygen atoms in total. The molecule has 1 aromatic heterocycles. The minimum atomic E-state index is 0.108. The zero-order valence-corrected chi connectivity index (χ0v) is 10.4. The number of allylic oxidation sites excluding steroid dienone is 1. The smallest absolute Gasteiger partial charge is 0.238 e. The van der Waals surface area contributed by atoms with Crippen molar-refractivity contribution in [2.45, 2.75) is 0 Å². The number of phenolic OH excluding ortho intramolecular Hbond substituents is 1. The molecule has 0 aliphatic carbocycles. The van der Waals surface area contributed by atoms with Crippen molar-refractivity contribution in [1.82, 2.24) is 4.98 Å². The number of phenols is 1. The molecule has 0 atom stereocenters. The van der Waals surface area contributed by atoms with Gasteiger partial charge in [0.25, 0.3) is 0 Å². The minimum Gasteiger partial charge on any atom is -0.507 e. The highest BCUT2D eigenvalue weighted by atomic mass is 16.3. The average molecular weight is 262 g/mol. The van der Waals surface area contributed by atoms with E-state index in [-0.39, 0.29) is 17.2 Å². The minimum absolute atomic E-state index is 0.108. The predicted octanol–water partition coefficient (Wildman–Crippen LogP) is 3.60. The van der Waals surface area contributed by atoms with Crippen LogP contribution in [0.25, 0.3) is 22.7 Å². The first-order valence-electron chi connectivity index (χ1n) is 6.03. The van der Waals surface area contributed by atoms with E-state index in [9.17, 15) is 10.4 Å². The van der Waals surface area contributed by atoms with Crippen LogP contribution in [-0.4, -0.2) is 10.1 Å². The molecule has 0 saturated carbocycles. The van der Waals surface area contributed by atoms with Crippen LogP contribution in [0.5, 0.6) is 5.75 Å². The van der Waals surface area contributed by atoms with E-state index >= 15 is 0 Å². The molecule has 0 unspecified atom stereocenters. The first-order valence-corrected chi connectivity index (χ1v) is 6.03. The highest BCUT2D eigenvalue weighted by Gasteiger charge is 2.11. The summed E-state index contributed by atoms with van der Waals surface area (Å²) in [7, 11) is 0. The highest BCUT2D eigenvalue weighted by molar-refractivity contribution is 5.89. The van der Waals surface area contributed by atoms with Gasteiger partial charge in [0.1, 0.15) is 22.9 Å². The van der Waals surface area contributed by atoms with Crippen molar-refractivity contribution in [3.8, 4) is 11.8 Å². The van der Waals surface area contributed by atoms with E-state index in [4.69, 9.17) is 4.42 Å². The lowest BCUT2D eigenvalue weighted by molar-refractivity contribution is 0.474. The SMILES string of the molecule is N#C/C(=C\c1ccccc1O)c1nc2ccccc2o1. The Bertz CT molecular complexity index is 808. The van der Waals surface area contributed by atoms with Crippen molar-refractivity contribution < 1.29 is 9.52 Å². The van der Waals surface area contributed by atoms with Gasteiger partial charge < -0.3 is 9.52 Å². The molecule has 1 heterocycles. The molecule has 0 amide bonds. The molecule has 0 aliphatic heterocycles. The molecule has 0 radical (unpaired) electrons. The summed E-state index contributed by atoms with van der Waals surface area (Å²) in [5.74, 6) is 0.355. The summed E-state index contributed by atoms with van der Waals surface area (Å²) in [6.45, 7) is 0. The third-order valence-electron chi connectivity index (χ3n) is 2.88. The van der Waals surface area contributed by atoms with E-state index in [0.29, 0.717) is 16.7 Å². The molecule has 2 aromatic carbocycles. The number of nitriles is 1. The number of oxazole rings is 1. The Labute approximate surface area is 115 Å². The van der Waals surface area contributed by atoms with Crippen LogP contribution in [0.15, 0.2) is 52.9 Å². The quantitative estimate of drug-likeness (QED) is 0.716. The molecule has 0 spiro atoms. The topological polar surface area (TPSA) is 70.0 Å². The summed E-state index contributed by atoms with van der Waals surface area (Å²) in [5, 5.41) is 19.0. The fraction of sp³-hybridized carbons (Fsp3) is 0. The van der Waals surface area contributed by atoms with Gasteiger partial charge >= 0.3 is 0 Å². The maximum Gasteiger partial charge on any atom is 0.238 e.